The van der Waals surface area contributed by atoms with Gasteiger partial charge in [-0.3, -0.25) is 0 Å². The van der Waals surface area contributed by atoms with E-state index in [1.54, 1.807) is 12.1 Å². The van der Waals surface area contributed by atoms with Crippen molar-refractivity contribution in [1.82, 2.24) is 0 Å². The summed E-state index contributed by atoms with van der Waals surface area (Å²) in [6, 6.07) is 5.43. The maximum absolute atomic E-state index is 10.7. The van der Waals surface area contributed by atoms with Gasteiger partial charge in [-0.05, 0) is 79.9 Å². The number of ether oxygens (including phenoxy) is 3. The van der Waals surface area contributed by atoms with E-state index in [1.165, 1.54) is 0 Å². The Balaban J connectivity index is 1.67. The summed E-state index contributed by atoms with van der Waals surface area (Å²) in [6.07, 6.45) is 12.5. The number of benzene rings is 1. The first-order chi connectivity index (χ1) is 21.1. The summed E-state index contributed by atoms with van der Waals surface area (Å²) in [5.41, 5.74) is 3.01. The first kappa shape index (κ1) is 32.4. The Labute approximate surface area is 260 Å². The van der Waals surface area contributed by atoms with Crippen molar-refractivity contribution in [2.45, 2.75) is 94.4 Å². The molecule has 2 aliphatic heterocycles. The number of hydrogen-bond acceptors (Lipinski definition) is 9. The summed E-state index contributed by atoms with van der Waals surface area (Å²) in [4.78, 5) is 6.08. The van der Waals surface area contributed by atoms with Crippen molar-refractivity contribution in [3.63, 3.8) is 0 Å². The number of hydrogen-bond donors (Lipinski definition) is 3. The summed E-state index contributed by atoms with van der Waals surface area (Å²) in [5.74, 6) is 1.15. The van der Waals surface area contributed by atoms with Crippen LogP contribution in [-0.4, -0.2) is 70.5 Å². The second-order valence-electron chi connectivity index (χ2n) is 12.1. The molecule has 2 aliphatic carbocycles. The number of allylic oxidation sites excluding steroid dienone is 1. The maximum atomic E-state index is 10.7. The third kappa shape index (κ3) is 6.96. The van der Waals surface area contributed by atoms with Crippen LogP contribution in [0.2, 0.25) is 0 Å². The first-order valence-corrected chi connectivity index (χ1v) is 17.3. The van der Waals surface area contributed by atoms with Gasteiger partial charge in [0.15, 0.2) is 0 Å². The number of aromatic hydroxyl groups is 1. The van der Waals surface area contributed by atoms with Crippen molar-refractivity contribution in [3.05, 3.63) is 48.1 Å². The van der Waals surface area contributed by atoms with E-state index < -0.39 is 5.79 Å². The largest absolute Gasteiger partial charge is 0.508 e. The van der Waals surface area contributed by atoms with E-state index in [4.69, 9.17) is 24.2 Å². The molecule has 238 valence electrons. The number of oxime groups is 1. The van der Waals surface area contributed by atoms with Crippen LogP contribution >= 0.6 is 11.8 Å². The lowest BCUT2D eigenvalue weighted by Crippen LogP contribution is -2.64. The van der Waals surface area contributed by atoms with Gasteiger partial charge in [0.25, 0.3) is 0 Å². The Morgan fingerprint density at radius 1 is 1.14 bits per heavy atom. The molecule has 4 aliphatic rings. The quantitative estimate of drug-likeness (QED) is 0.120. The molecule has 2 heterocycles. The topological polar surface area (TPSA) is 110 Å². The molecule has 43 heavy (non-hydrogen) atoms. The van der Waals surface area contributed by atoms with Gasteiger partial charge >= 0.3 is 0 Å². The summed E-state index contributed by atoms with van der Waals surface area (Å²) in [6.45, 7) is 7.48. The van der Waals surface area contributed by atoms with Gasteiger partial charge in [-0.25, -0.2) is 0 Å². The Morgan fingerprint density at radius 2 is 1.95 bits per heavy atom. The minimum atomic E-state index is -0.957. The van der Waals surface area contributed by atoms with Gasteiger partial charge in [0.05, 0.1) is 30.1 Å². The fourth-order valence-electron chi connectivity index (χ4n) is 7.60. The Morgan fingerprint density at radius 3 is 2.67 bits per heavy atom. The van der Waals surface area contributed by atoms with Crippen molar-refractivity contribution < 1.29 is 34.4 Å². The molecule has 5 rings (SSSR count). The summed E-state index contributed by atoms with van der Waals surface area (Å²) in [5, 5.41) is 34.7. The monoisotopic (exact) mass is 615 g/mol. The van der Waals surface area contributed by atoms with Crippen LogP contribution in [0.25, 0.3) is 0 Å². The molecule has 7 atom stereocenters. The Kier molecular flexibility index (Phi) is 11.5. The lowest BCUT2D eigenvalue weighted by molar-refractivity contribution is -0.223. The molecule has 8 nitrogen and oxygen atoms in total. The van der Waals surface area contributed by atoms with E-state index in [0.717, 1.165) is 86.1 Å². The second kappa shape index (κ2) is 15.3. The van der Waals surface area contributed by atoms with Crippen LogP contribution in [0.4, 0.5) is 0 Å². The lowest BCUT2D eigenvalue weighted by Gasteiger charge is -2.58. The smallest absolute Gasteiger partial charge is 0.230 e. The molecule has 0 radical (unpaired) electrons. The standard InChI is InChI=1S/C34H49NO7S/c1-3-18-40-34-30(43-4-2)22-28(35-42-31-13-7-10-19-39-31)26-20-23(11-5-8-16-36)25(12-6-9-17-37)32(33(26)34)27-21-24(38)14-15-29(27)41-34/h3,14-15,20-21,23,25,30-33,36-38H,1,4-13,16-19,22H2,2H3. The molecule has 2 fully saturated rings. The summed E-state index contributed by atoms with van der Waals surface area (Å²) >= 11 is 1.82. The average Bonchev–Trinajstić information content (AvgIpc) is 3.02. The molecule has 1 saturated heterocycles. The number of phenolic OH excluding ortho intramolecular Hbond substituents is 1. The zero-order valence-corrected chi connectivity index (χ0v) is 26.3. The number of nitrogens with zero attached hydrogens (tertiary/aromatic N) is 1. The molecule has 1 aromatic carbocycles. The van der Waals surface area contributed by atoms with E-state index in [9.17, 15) is 15.3 Å². The normalized spacial score (nSPS) is 32.3. The first-order valence-electron chi connectivity index (χ1n) is 16.2. The van der Waals surface area contributed by atoms with Gasteiger partial charge < -0.3 is 34.4 Å². The number of phenols is 1. The number of thioether (sulfide) groups is 1. The van der Waals surface area contributed by atoms with Crippen LogP contribution < -0.4 is 4.74 Å². The van der Waals surface area contributed by atoms with Crippen LogP contribution in [0, 0.1) is 17.8 Å². The highest BCUT2D eigenvalue weighted by Crippen LogP contribution is 2.62. The van der Waals surface area contributed by atoms with Gasteiger partial charge in [0, 0.05) is 37.5 Å². The van der Waals surface area contributed by atoms with Crippen molar-refractivity contribution in [2.24, 2.45) is 22.9 Å². The molecular weight excluding hydrogens is 566 g/mol. The van der Waals surface area contributed by atoms with Crippen LogP contribution in [0.1, 0.15) is 82.6 Å². The predicted octanol–water partition coefficient (Wildman–Crippen LogP) is 6.31. The molecule has 7 unspecified atom stereocenters. The third-order valence-corrected chi connectivity index (χ3v) is 10.7. The number of rotatable bonds is 15. The van der Waals surface area contributed by atoms with E-state index in [0.29, 0.717) is 19.6 Å². The highest BCUT2D eigenvalue weighted by atomic mass is 32.2. The molecule has 3 N–H and O–H groups in total. The molecule has 0 spiro atoms. The number of unbranched alkanes of at least 4 members (excludes halogenated alkanes) is 2. The van der Waals surface area contributed by atoms with Gasteiger partial charge in [-0.1, -0.05) is 37.1 Å². The van der Waals surface area contributed by atoms with Crippen molar-refractivity contribution in [1.29, 1.82) is 0 Å². The van der Waals surface area contributed by atoms with Crippen LogP contribution in [0.5, 0.6) is 11.5 Å². The van der Waals surface area contributed by atoms with E-state index >= 15 is 0 Å². The van der Waals surface area contributed by atoms with Crippen LogP contribution in [0.15, 0.2) is 47.7 Å². The third-order valence-electron chi connectivity index (χ3n) is 9.42. The molecular formula is C34H49NO7S. The fraction of sp³-hybridized carbons (Fsp3) is 0.676. The molecule has 0 aromatic heterocycles. The number of fused-ring (bicyclic) bond motifs is 2. The molecule has 0 bridgehead atoms. The van der Waals surface area contributed by atoms with Crippen LogP contribution in [-0.2, 0) is 14.3 Å². The molecule has 1 aromatic rings. The van der Waals surface area contributed by atoms with E-state index in [1.807, 2.05) is 23.9 Å². The van der Waals surface area contributed by atoms with Crippen molar-refractivity contribution in [2.75, 3.05) is 32.2 Å². The minimum absolute atomic E-state index is 0.00475. The van der Waals surface area contributed by atoms with Crippen molar-refractivity contribution in [3.8, 4) is 11.5 Å². The van der Waals surface area contributed by atoms with E-state index in [2.05, 4.69) is 19.6 Å². The summed E-state index contributed by atoms with van der Waals surface area (Å²) < 4.78 is 19.7. The molecule has 1 saturated carbocycles. The van der Waals surface area contributed by atoms with Crippen LogP contribution in [0.3, 0.4) is 0 Å². The van der Waals surface area contributed by atoms with Crippen molar-refractivity contribution >= 4 is 17.5 Å². The zero-order chi connectivity index (χ0) is 30.2. The van der Waals surface area contributed by atoms with Gasteiger partial charge in [0.2, 0.25) is 12.1 Å². The SMILES string of the molecule is C=CCOC12Oc3ccc(O)cc3C3C(CCCCO)C(CCCCO)C=C(C(=NOC4CCCCO4)CC1SCC)C32. The number of aliphatic hydroxyl groups excluding tert-OH is 2. The lowest BCUT2D eigenvalue weighted by atomic mass is 9.56. The molecule has 9 heteroatoms. The van der Waals surface area contributed by atoms with Gasteiger partial charge in [0.1, 0.15) is 11.5 Å². The Hall–Kier alpha value is -2.04. The highest BCUT2D eigenvalue weighted by Gasteiger charge is 2.63. The molecule has 0 amide bonds. The number of aliphatic hydroxyl groups is 2. The zero-order valence-electron chi connectivity index (χ0n) is 25.5. The average molecular weight is 616 g/mol. The minimum Gasteiger partial charge on any atom is -0.508 e. The van der Waals surface area contributed by atoms with Gasteiger partial charge in [-0.2, -0.15) is 11.8 Å². The Bertz CT molecular complexity index is 1140. The maximum Gasteiger partial charge on any atom is 0.230 e. The van der Waals surface area contributed by atoms with Gasteiger partial charge in [-0.15, -0.1) is 6.58 Å². The fourth-order valence-corrected chi connectivity index (χ4v) is 8.78. The second-order valence-corrected chi connectivity index (χ2v) is 13.6. The van der Waals surface area contributed by atoms with E-state index in [-0.39, 0.29) is 54.2 Å². The predicted molar refractivity (Wildman–Crippen MR) is 169 cm³/mol. The highest BCUT2D eigenvalue weighted by molar-refractivity contribution is 8.00. The summed E-state index contributed by atoms with van der Waals surface area (Å²) in [7, 11) is 0.